The molecule has 1 saturated heterocycles. The number of β-amino-alcohol motifs (C(OH)–C–C–N with tert-alkyl or cyclic N) is 2. The van der Waals surface area contributed by atoms with Crippen molar-refractivity contribution in [1.82, 2.24) is 15.0 Å². The predicted octanol–water partition coefficient (Wildman–Crippen LogP) is 2.86. The van der Waals surface area contributed by atoms with Gasteiger partial charge in [0.1, 0.15) is 17.9 Å². The number of pyridine rings is 1. The van der Waals surface area contributed by atoms with Gasteiger partial charge in [0.05, 0.1) is 12.2 Å². The van der Waals surface area contributed by atoms with Gasteiger partial charge in [-0.15, -0.1) is 8.78 Å². The zero-order valence-electron chi connectivity index (χ0n) is 16.7. The third-order valence-corrected chi connectivity index (χ3v) is 5.02. The number of hydrogen-bond acceptors (Lipinski definition) is 8. The van der Waals surface area contributed by atoms with E-state index in [4.69, 9.17) is 11.6 Å². The van der Waals surface area contributed by atoms with Gasteiger partial charge in [0.25, 0.3) is 0 Å². The molecule has 0 radical (unpaired) electrons. The van der Waals surface area contributed by atoms with Crippen molar-refractivity contribution < 1.29 is 23.7 Å². The molecule has 32 heavy (non-hydrogen) atoms. The molecule has 1 fully saturated rings. The summed E-state index contributed by atoms with van der Waals surface area (Å²) in [5, 5.41) is 23.0. The molecular weight excluding hydrogens is 444 g/mol. The summed E-state index contributed by atoms with van der Waals surface area (Å²) in [6.45, 7) is 0.940. The number of hydrogen-bond donors (Lipinski definition) is 3. The highest BCUT2D eigenvalue weighted by molar-refractivity contribution is 6.20. The molecule has 3 N–H and O–H groups in total. The van der Waals surface area contributed by atoms with Crippen molar-refractivity contribution in [3.05, 3.63) is 60.8 Å². The van der Waals surface area contributed by atoms with E-state index >= 15 is 0 Å². The van der Waals surface area contributed by atoms with Crippen molar-refractivity contribution >= 4 is 23.1 Å². The van der Waals surface area contributed by atoms with Crippen LogP contribution >= 0.6 is 11.6 Å². The molecule has 3 heterocycles. The molecular formula is C21H20ClF2N5O3. The smallest absolute Gasteiger partial charge is 0.420 e. The average molecular weight is 464 g/mol. The van der Waals surface area contributed by atoms with E-state index in [-0.39, 0.29) is 18.8 Å². The molecule has 1 aromatic carbocycles. The van der Waals surface area contributed by atoms with Gasteiger partial charge in [0.15, 0.2) is 0 Å². The Kier molecular flexibility index (Phi) is 6.35. The second-order valence-electron chi connectivity index (χ2n) is 7.31. The average Bonchev–Trinajstić information content (AvgIpc) is 3.11. The fraction of sp³-hybridized carbons (Fsp3) is 0.286. The largest absolute Gasteiger partial charge is 0.487 e. The van der Waals surface area contributed by atoms with Crippen LogP contribution in [0, 0.1) is 0 Å². The highest BCUT2D eigenvalue weighted by atomic mass is 35.5. The minimum atomic E-state index is -3.76. The van der Waals surface area contributed by atoms with E-state index in [1.807, 2.05) is 11.0 Å². The first-order chi connectivity index (χ1) is 15.3. The van der Waals surface area contributed by atoms with Gasteiger partial charge in [-0.1, -0.05) is 0 Å². The number of anilines is 2. The summed E-state index contributed by atoms with van der Waals surface area (Å²) in [7, 11) is 0. The van der Waals surface area contributed by atoms with Gasteiger partial charge in [-0.05, 0) is 35.9 Å². The fourth-order valence-corrected chi connectivity index (χ4v) is 3.51. The molecule has 0 spiro atoms. The van der Waals surface area contributed by atoms with E-state index in [1.165, 1.54) is 18.5 Å². The van der Waals surface area contributed by atoms with Gasteiger partial charge in [-0.3, -0.25) is 0 Å². The number of nitrogens with zero attached hydrogens (tertiary/aromatic N) is 4. The minimum Gasteiger partial charge on any atom is -0.420 e. The van der Waals surface area contributed by atoms with Crippen LogP contribution in [0.4, 0.5) is 20.3 Å². The molecule has 2 aromatic heterocycles. The molecule has 11 heteroatoms. The Balaban J connectivity index is 1.52. The van der Waals surface area contributed by atoms with Crippen molar-refractivity contribution in [2.75, 3.05) is 23.3 Å². The number of halogens is 3. The van der Waals surface area contributed by atoms with E-state index in [2.05, 4.69) is 25.0 Å². The Bertz CT molecular complexity index is 1040. The molecule has 168 valence electrons. The standard InChI is InChI=1S/C21H20ClF2N5O3/c22-21(23,24)32-16-3-1-15(2-4-16)27-6-13-5-17(14-8-25-12-26-9-14)20(28-7-13)29-10-18(30)19(31)11-29/h1-5,7-9,12,18-19,27,30-31H,6,10-11H2. The van der Waals surface area contributed by atoms with Gasteiger partial charge in [-0.2, -0.15) is 0 Å². The van der Waals surface area contributed by atoms with Crippen molar-refractivity contribution in [3.8, 4) is 16.9 Å². The number of ether oxygens (including phenoxy) is 1. The van der Waals surface area contributed by atoms with Gasteiger partial charge in [-0.25, -0.2) is 15.0 Å². The van der Waals surface area contributed by atoms with E-state index in [0.717, 1.165) is 16.7 Å². The molecule has 2 atom stereocenters. The van der Waals surface area contributed by atoms with Crippen LogP contribution in [0.3, 0.4) is 0 Å². The summed E-state index contributed by atoms with van der Waals surface area (Å²) in [4.78, 5) is 14.5. The first-order valence-corrected chi connectivity index (χ1v) is 10.1. The van der Waals surface area contributed by atoms with Crippen molar-refractivity contribution in [1.29, 1.82) is 0 Å². The van der Waals surface area contributed by atoms with Crippen LogP contribution in [-0.4, -0.2) is 56.0 Å². The number of alkyl halides is 3. The molecule has 0 amide bonds. The van der Waals surface area contributed by atoms with Crippen LogP contribution in [-0.2, 0) is 6.54 Å². The number of rotatable bonds is 7. The molecule has 4 rings (SSSR count). The maximum absolute atomic E-state index is 12.7. The lowest BCUT2D eigenvalue weighted by atomic mass is 10.1. The highest BCUT2D eigenvalue weighted by Gasteiger charge is 2.32. The summed E-state index contributed by atoms with van der Waals surface area (Å²) < 4.78 is 29.8. The monoisotopic (exact) mass is 463 g/mol. The molecule has 2 unspecified atom stereocenters. The Labute approximate surface area is 187 Å². The third-order valence-electron chi connectivity index (χ3n) is 4.94. The Morgan fingerprint density at radius 3 is 2.38 bits per heavy atom. The maximum Gasteiger partial charge on any atom is 0.487 e. The van der Waals surface area contributed by atoms with E-state index in [9.17, 15) is 19.0 Å². The number of aromatic nitrogens is 3. The lowest BCUT2D eigenvalue weighted by Gasteiger charge is -2.21. The lowest BCUT2D eigenvalue weighted by Crippen LogP contribution is -2.23. The normalized spacial score (nSPS) is 18.6. The Morgan fingerprint density at radius 1 is 1.09 bits per heavy atom. The van der Waals surface area contributed by atoms with Gasteiger partial charge in [0, 0.05) is 66.6 Å². The first kappa shape index (κ1) is 22.1. The molecule has 1 aliphatic heterocycles. The number of nitrogens with one attached hydrogen (secondary N) is 1. The first-order valence-electron chi connectivity index (χ1n) is 9.73. The topological polar surface area (TPSA) is 104 Å². The zero-order valence-corrected chi connectivity index (χ0v) is 17.5. The summed E-state index contributed by atoms with van der Waals surface area (Å²) >= 11 is 4.77. The SMILES string of the molecule is OC1CN(c2ncc(CNc3ccc(OC(F)(F)Cl)cc3)cc2-c2cncnc2)CC1O. The molecule has 0 bridgehead atoms. The van der Waals surface area contributed by atoms with Crippen molar-refractivity contribution in [3.63, 3.8) is 0 Å². The van der Waals surface area contributed by atoms with E-state index in [0.29, 0.717) is 18.1 Å². The third kappa shape index (κ3) is 5.39. The van der Waals surface area contributed by atoms with Crippen LogP contribution in [0.1, 0.15) is 5.56 Å². The quantitative estimate of drug-likeness (QED) is 0.460. The number of aliphatic hydroxyl groups excluding tert-OH is 2. The second-order valence-corrected chi connectivity index (χ2v) is 7.75. The fourth-order valence-electron chi connectivity index (χ4n) is 3.42. The lowest BCUT2D eigenvalue weighted by molar-refractivity contribution is -0.0964. The second kappa shape index (κ2) is 9.19. The van der Waals surface area contributed by atoms with Gasteiger partial charge in [0.2, 0.25) is 0 Å². The van der Waals surface area contributed by atoms with Crippen LogP contribution in [0.25, 0.3) is 11.1 Å². The summed E-state index contributed by atoms with van der Waals surface area (Å²) in [6.07, 6.45) is 4.77. The predicted molar refractivity (Wildman–Crippen MR) is 115 cm³/mol. The highest BCUT2D eigenvalue weighted by Crippen LogP contribution is 2.32. The molecule has 8 nitrogen and oxygen atoms in total. The zero-order chi connectivity index (χ0) is 22.7. The van der Waals surface area contributed by atoms with Gasteiger partial charge < -0.3 is 25.2 Å². The van der Waals surface area contributed by atoms with Crippen LogP contribution in [0.15, 0.2) is 55.2 Å². The van der Waals surface area contributed by atoms with Crippen LogP contribution in [0.2, 0.25) is 0 Å². The van der Waals surface area contributed by atoms with Gasteiger partial charge >= 0.3 is 5.57 Å². The van der Waals surface area contributed by atoms with Crippen molar-refractivity contribution in [2.24, 2.45) is 0 Å². The summed E-state index contributed by atoms with van der Waals surface area (Å²) in [6, 6.07) is 7.89. The van der Waals surface area contributed by atoms with Crippen LogP contribution in [0.5, 0.6) is 5.75 Å². The summed E-state index contributed by atoms with van der Waals surface area (Å²) in [5.41, 5.74) is -0.716. The molecule has 0 aliphatic carbocycles. The molecule has 3 aromatic rings. The van der Waals surface area contributed by atoms with E-state index < -0.39 is 17.8 Å². The number of benzene rings is 1. The number of aliphatic hydroxyl groups is 2. The maximum atomic E-state index is 12.7. The van der Waals surface area contributed by atoms with Crippen molar-refractivity contribution in [2.45, 2.75) is 24.3 Å². The van der Waals surface area contributed by atoms with E-state index in [1.54, 1.807) is 30.7 Å². The Hall–Kier alpha value is -3.08. The molecule has 0 saturated carbocycles. The Morgan fingerprint density at radius 2 is 1.75 bits per heavy atom. The van der Waals surface area contributed by atoms with Crippen LogP contribution < -0.4 is 15.0 Å². The summed E-state index contributed by atoms with van der Waals surface area (Å²) in [5.74, 6) is 0.561. The molecule has 1 aliphatic rings. The minimum absolute atomic E-state index is 0.0529.